The molecule has 0 saturated carbocycles. The summed E-state index contributed by atoms with van der Waals surface area (Å²) >= 11 is 3.23. The molecule has 14 heavy (non-hydrogen) atoms. The van der Waals surface area contributed by atoms with E-state index in [-0.39, 0.29) is 51.4 Å². The predicted molar refractivity (Wildman–Crippen MR) is 51.7 cm³/mol. The molecule has 0 radical (unpaired) electrons. The molecule has 0 fully saturated rings. The molecule has 0 aliphatic rings. The molecule has 0 unspecified atom stereocenters. The van der Waals surface area contributed by atoms with Gasteiger partial charge in [0.15, 0.2) is 0 Å². The first-order valence-electron chi connectivity index (χ1n) is 3.84. The van der Waals surface area contributed by atoms with Crippen molar-refractivity contribution >= 4 is 22.9 Å². The molecule has 1 aromatic carbocycles. The van der Waals surface area contributed by atoms with E-state index < -0.39 is 13.3 Å². The van der Waals surface area contributed by atoms with Crippen molar-refractivity contribution in [3.05, 3.63) is 33.8 Å². The average Bonchev–Trinajstić information content (AvgIpc) is 1.94. The second-order valence-corrected chi connectivity index (χ2v) is 3.85. The summed E-state index contributed by atoms with van der Waals surface area (Å²) in [5, 5.41) is 0. The van der Waals surface area contributed by atoms with Gasteiger partial charge in [-0.15, -0.1) is 0 Å². The summed E-state index contributed by atoms with van der Waals surface area (Å²) in [4.78, 5) is 0. The van der Waals surface area contributed by atoms with Gasteiger partial charge in [0.2, 0.25) is 0 Å². The summed E-state index contributed by atoms with van der Waals surface area (Å²) in [6, 6.07) is 4.69. The third kappa shape index (κ3) is 5.32. The smallest absolute Gasteiger partial charge is 0.449 e. The van der Waals surface area contributed by atoms with Gasteiger partial charge in [-0.3, -0.25) is 0 Å². The van der Waals surface area contributed by atoms with E-state index in [1.807, 2.05) is 0 Å². The van der Waals surface area contributed by atoms with Crippen LogP contribution < -0.4 is 51.4 Å². The zero-order valence-electron chi connectivity index (χ0n) is 8.03. The fourth-order valence-corrected chi connectivity index (χ4v) is 1.35. The standard InChI is InChI=1S/C8H8BBrF3.K/c1-6-4-7(2-3-8(6)10)5-9(11,12)13;/h2-4H,5H2,1H3;/q-1;+1. The summed E-state index contributed by atoms with van der Waals surface area (Å²) in [6.45, 7) is -2.95. The van der Waals surface area contributed by atoms with E-state index >= 15 is 0 Å². The van der Waals surface area contributed by atoms with E-state index in [2.05, 4.69) is 15.9 Å². The Balaban J connectivity index is 0.00000169. The quantitative estimate of drug-likeness (QED) is 0.703. The minimum atomic E-state index is -4.72. The number of benzene rings is 1. The first-order chi connectivity index (χ1) is 5.88. The van der Waals surface area contributed by atoms with Crippen LogP contribution in [-0.2, 0) is 6.32 Å². The van der Waals surface area contributed by atoms with Crippen LogP contribution in [0.2, 0.25) is 0 Å². The van der Waals surface area contributed by atoms with E-state index in [1.165, 1.54) is 6.07 Å². The van der Waals surface area contributed by atoms with Crippen molar-refractivity contribution < 1.29 is 64.3 Å². The molecule has 0 aliphatic carbocycles. The van der Waals surface area contributed by atoms with Gasteiger partial charge in [0.25, 0.3) is 0 Å². The van der Waals surface area contributed by atoms with Crippen molar-refractivity contribution in [2.75, 3.05) is 0 Å². The Kier molecular flexibility index (Phi) is 6.57. The third-order valence-electron chi connectivity index (χ3n) is 1.69. The third-order valence-corrected chi connectivity index (χ3v) is 2.58. The van der Waals surface area contributed by atoms with Crippen molar-refractivity contribution in [1.29, 1.82) is 0 Å². The van der Waals surface area contributed by atoms with Crippen molar-refractivity contribution in [3.63, 3.8) is 0 Å². The van der Waals surface area contributed by atoms with E-state index in [0.717, 1.165) is 10.0 Å². The van der Waals surface area contributed by atoms with Crippen molar-refractivity contribution in [2.45, 2.75) is 13.2 Å². The molecule has 0 heterocycles. The maximum atomic E-state index is 12.0. The largest absolute Gasteiger partial charge is 1.00 e. The molecule has 0 aliphatic heterocycles. The molecule has 0 bridgehead atoms. The second-order valence-electron chi connectivity index (χ2n) is 3.00. The first kappa shape index (κ1) is 15.2. The zero-order valence-corrected chi connectivity index (χ0v) is 12.7. The van der Waals surface area contributed by atoms with Gasteiger partial charge < -0.3 is 12.9 Å². The SMILES string of the molecule is Cc1cc(C[B-](F)(F)F)ccc1Br.[K+]. The van der Waals surface area contributed by atoms with E-state index in [4.69, 9.17) is 0 Å². The second kappa shape index (κ2) is 6.06. The fraction of sp³-hybridized carbons (Fsp3) is 0.250. The van der Waals surface area contributed by atoms with Gasteiger partial charge in [-0.05, 0) is 18.6 Å². The zero-order chi connectivity index (χ0) is 10.1. The summed E-state index contributed by atoms with van der Waals surface area (Å²) in [5.41, 5.74) is 1.16. The molecule has 0 atom stereocenters. The minimum absolute atomic E-state index is 0. The summed E-state index contributed by atoms with van der Waals surface area (Å²) < 4.78 is 36.9. The summed E-state index contributed by atoms with van der Waals surface area (Å²) in [7, 11) is 0. The molecular weight excluding hydrogens is 283 g/mol. The molecule has 0 amide bonds. The average molecular weight is 291 g/mol. The van der Waals surface area contributed by atoms with Gasteiger partial charge in [-0.1, -0.05) is 39.9 Å². The Morgan fingerprint density at radius 1 is 1.29 bits per heavy atom. The van der Waals surface area contributed by atoms with Crippen LogP contribution in [0, 0.1) is 6.92 Å². The Hall–Kier alpha value is 1.19. The van der Waals surface area contributed by atoms with E-state index in [9.17, 15) is 12.9 Å². The van der Waals surface area contributed by atoms with Crippen molar-refractivity contribution in [2.24, 2.45) is 0 Å². The van der Waals surface area contributed by atoms with Gasteiger partial charge in [-0.2, -0.15) is 0 Å². The van der Waals surface area contributed by atoms with Crippen LogP contribution in [0.4, 0.5) is 12.9 Å². The normalized spacial score (nSPS) is 10.9. The number of hydrogen-bond acceptors (Lipinski definition) is 0. The van der Waals surface area contributed by atoms with Gasteiger partial charge in [-0.25, -0.2) is 0 Å². The van der Waals surface area contributed by atoms with E-state index in [0.29, 0.717) is 5.56 Å². The Bertz CT molecular complexity index is 314. The molecule has 0 N–H and O–H groups in total. The number of hydrogen-bond donors (Lipinski definition) is 0. The molecule has 0 spiro atoms. The summed E-state index contributed by atoms with van der Waals surface area (Å²) in [6.07, 6.45) is -0.798. The Morgan fingerprint density at radius 3 is 2.29 bits per heavy atom. The van der Waals surface area contributed by atoms with Crippen LogP contribution in [0.3, 0.4) is 0 Å². The Labute approximate surface area is 132 Å². The number of rotatable bonds is 2. The van der Waals surface area contributed by atoms with Crippen molar-refractivity contribution in [1.82, 2.24) is 0 Å². The topological polar surface area (TPSA) is 0 Å². The van der Waals surface area contributed by atoms with Crippen LogP contribution in [0.1, 0.15) is 11.1 Å². The van der Waals surface area contributed by atoms with Gasteiger partial charge in [0.1, 0.15) is 0 Å². The monoisotopic (exact) mass is 290 g/mol. The van der Waals surface area contributed by atoms with Gasteiger partial charge in [0.05, 0.1) is 0 Å². The molecule has 72 valence electrons. The van der Waals surface area contributed by atoms with Crippen molar-refractivity contribution in [3.8, 4) is 0 Å². The number of aryl methyl sites for hydroxylation is 1. The Morgan fingerprint density at radius 2 is 1.86 bits per heavy atom. The molecule has 0 aromatic heterocycles. The molecular formula is C8H8BBrF3K. The number of halogens is 4. The molecule has 0 nitrogen and oxygen atoms in total. The van der Waals surface area contributed by atoms with Crippen LogP contribution in [-0.4, -0.2) is 6.98 Å². The maximum absolute atomic E-state index is 12.0. The van der Waals surface area contributed by atoms with Gasteiger partial charge >= 0.3 is 58.4 Å². The maximum Gasteiger partial charge on any atom is 1.00 e. The van der Waals surface area contributed by atoms with Crippen LogP contribution in [0.15, 0.2) is 22.7 Å². The fourth-order valence-electron chi connectivity index (χ4n) is 1.10. The van der Waals surface area contributed by atoms with Crippen LogP contribution in [0.5, 0.6) is 0 Å². The molecule has 6 heteroatoms. The first-order valence-corrected chi connectivity index (χ1v) is 4.64. The van der Waals surface area contributed by atoms with Gasteiger partial charge in [0, 0.05) is 4.47 Å². The predicted octanol–water partition coefficient (Wildman–Crippen LogP) is 0.691. The van der Waals surface area contributed by atoms with Crippen LogP contribution in [0.25, 0.3) is 0 Å². The molecule has 1 aromatic rings. The summed E-state index contributed by atoms with van der Waals surface area (Å²) in [5.74, 6) is 0. The molecule has 0 saturated heterocycles. The molecule has 1 rings (SSSR count). The van der Waals surface area contributed by atoms with E-state index in [1.54, 1.807) is 19.1 Å². The van der Waals surface area contributed by atoms with Crippen LogP contribution >= 0.6 is 15.9 Å². The minimum Gasteiger partial charge on any atom is -0.449 e.